The van der Waals surface area contributed by atoms with Crippen LogP contribution >= 0.6 is 0 Å². The molecule has 0 bridgehead atoms. The molecule has 2 unspecified atom stereocenters. The third-order valence-corrected chi connectivity index (χ3v) is 4.89. The lowest BCUT2D eigenvalue weighted by molar-refractivity contribution is -0.171. The molecule has 0 saturated carbocycles. The Morgan fingerprint density at radius 3 is 2.29 bits per heavy atom. The lowest BCUT2D eigenvalue weighted by Gasteiger charge is -2.55. The fourth-order valence-electron chi connectivity index (χ4n) is 3.79. The average molecular weight is 238 g/mol. The molecule has 0 spiro atoms. The van der Waals surface area contributed by atoms with Gasteiger partial charge in [-0.05, 0) is 30.6 Å². The van der Waals surface area contributed by atoms with E-state index < -0.39 is 5.60 Å². The normalized spacial score (nSPS) is 31.0. The molecule has 0 aromatic heterocycles. The van der Waals surface area contributed by atoms with Crippen LogP contribution in [0.4, 0.5) is 0 Å². The van der Waals surface area contributed by atoms with E-state index in [2.05, 4.69) is 53.7 Å². The molecule has 1 heteroatoms. The van der Waals surface area contributed by atoms with E-state index in [9.17, 15) is 5.11 Å². The van der Waals surface area contributed by atoms with Gasteiger partial charge in [0.15, 0.2) is 0 Å². The van der Waals surface area contributed by atoms with Gasteiger partial charge in [0, 0.05) is 5.41 Å². The van der Waals surface area contributed by atoms with Crippen LogP contribution in [0, 0.1) is 16.7 Å². The van der Waals surface area contributed by atoms with Crippen LogP contribution in [0.15, 0.2) is 12.2 Å². The quantitative estimate of drug-likeness (QED) is 0.715. The van der Waals surface area contributed by atoms with Gasteiger partial charge in [-0.2, -0.15) is 0 Å². The van der Waals surface area contributed by atoms with E-state index >= 15 is 0 Å². The standard InChI is InChI=1S/C16H30O/c1-7-13(2)16(17,14(3,4)5)15(6)11-9-8-10-12-15/h9,11,13,17H,7-8,10,12H2,1-6H3/t13?,15?,16-/m0/s1. The number of rotatable bonds is 3. The van der Waals surface area contributed by atoms with Crippen molar-refractivity contribution in [1.82, 2.24) is 0 Å². The van der Waals surface area contributed by atoms with E-state index in [0.29, 0.717) is 5.92 Å². The van der Waals surface area contributed by atoms with Crippen LogP contribution in [-0.4, -0.2) is 10.7 Å². The Morgan fingerprint density at radius 1 is 1.35 bits per heavy atom. The number of hydrogen-bond acceptors (Lipinski definition) is 1. The maximum atomic E-state index is 11.4. The molecule has 0 saturated heterocycles. The number of aliphatic hydroxyl groups is 1. The van der Waals surface area contributed by atoms with E-state index in [4.69, 9.17) is 0 Å². The molecule has 1 aliphatic carbocycles. The van der Waals surface area contributed by atoms with E-state index in [1.165, 1.54) is 6.42 Å². The van der Waals surface area contributed by atoms with Crippen LogP contribution < -0.4 is 0 Å². The lowest BCUT2D eigenvalue weighted by Crippen LogP contribution is -2.59. The second kappa shape index (κ2) is 4.76. The fourth-order valence-corrected chi connectivity index (χ4v) is 3.79. The Balaban J connectivity index is 3.23. The van der Waals surface area contributed by atoms with Crippen molar-refractivity contribution in [2.45, 2.75) is 72.8 Å². The van der Waals surface area contributed by atoms with Gasteiger partial charge in [-0.3, -0.25) is 0 Å². The molecule has 0 aliphatic heterocycles. The summed E-state index contributed by atoms with van der Waals surface area (Å²) in [6.07, 6.45) is 9.01. The molecule has 1 N–H and O–H groups in total. The highest BCUT2D eigenvalue weighted by atomic mass is 16.3. The molecule has 1 rings (SSSR count). The van der Waals surface area contributed by atoms with E-state index in [1.54, 1.807) is 0 Å². The van der Waals surface area contributed by atoms with Gasteiger partial charge in [0.25, 0.3) is 0 Å². The maximum absolute atomic E-state index is 11.4. The molecule has 0 heterocycles. The molecular formula is C16H30O. The smallest absolute Gasteiger partial charge is 0.0808 e. The molecule has 0 aromatic carbocycles. The predicted octanol–water partition coefficient (Wildman–Crippen LogP) is 4.56. The van der Waals surface area contributed by atoms with Gasteiger partial charge in [-0.25, -0.2) is 0 Å². The first-order valence-electron chi connectivity index (χ1n) is 7.09. The van der Waals surface area contributed by atoms with Crippen LogP contribution in [0.5, 0.6) is 0 Å². The first-order valence-corrected chi connectivity index (χ1v) is 7.09. The Kier molecular flexibility index (Phi) is 4.13. The van der Waals surface area contributed by atoms with Crippen molar-refractivity contribution in [3.8, 4) is 0 Å². The molecule has 0 radical (unpaired) electrons. The van der Waals surface area contributed by atoms with Crippen molar-refractivity contribution in [2.24, 2.45) is 16.7 Å². The molecule has 0 aromatic rings. The second-order valence-electron chi connectivity index (χ2n) is 7.04. The zero-order valence-electron chi connectivity index (χ0n) is 12.5. The molecule has 1 aliphatic rings. The summed E-state index contributed by atoms with van der Waals surface area (Å²) in [5.74, 6) is 0.315. The Morgan fingerprint density at radius 2 is 1.94 bits per heavy atom. The summed E-state index contributed by atoms with van der Waals surface area (Å²) in [4.78, 5) is 0. The van der Waals surface area contributed by atoms with Crippen LogP contribution in [0.25, 0.3) is 0 Å². The Labute approximate surface area is 107 Å². The van der Waals surface area contributed by atoms with E-state index in [1.807, 2.05) is 0 Å². The lowest BCUT2D eigenvalue weighted by atomic mass is 9.53. The van der Waals surface area contributed by atoms with Gasteiger partial charge >= 0.3 is 0 Å². The zero-order valence-corrected chi connectivity index (χ0v) is 12.5. The summed E-state index contributed by atoms with van der Waals surface area (Å²) < 4.78 is 0. The third kappa shape index (κ3) is 2.31. The van der Waals surface area contributed by atoms with Gasteiger partial charge in [0.05, 0.1) is 5.60 Å². The van der Waals surface area contributed by atoms with Crippen molar-refractivity contribution in [3.05, 3.63) is 12.2 Å². The monoisotopic (exact) mass is 238 g/mol. The van der Waals surface area contributed by atoms with Crippen molar-refractivity contribution < 1.29 is 5.11 Å². The highest BCUT2D eigenvalue weighted by Gasteiger charge is 2.55. The number of hydrogen-bond donors (Lipinski definition) is 1. The van der Waals surface area contributed by atoms with Gasteiger partial charge in [0.2, 0.25) is 0 Å². The third-order valence-electron chi connectivity index (χ3n) is 4.89. The Bertz CT molecular complexity index is 286. The summed E-state index contributed by atoms with van der Waals surface area (Å²) in [6, 6.07) is 0. The highest BCUT2D eigenvalue weighted by Crippen LogP contribution is 2.53. The predicted molar refractivity (Wildman–Crippen MR) is 75.0 cm³/mol. The molecule has 1 nitrogen and oxygen atoms in total. The first kappa shape index (κ1) is 14.8. The minimum absolute atomic E-state index is 0.0844. The van der Waals surface area contributed by atoms with E-state index in [-0.39, 0.29) is 10.8 Å². The van der Waals surface area contributed by atoms with Gasteiger partial charge < -0.3 is 5.11 Å². The van der Waals surface area contributed by atoms with Crippen LogP contribution in [-0.2, 0) is 0 Å². The summed E-state index contributed by atoms with van der Waals surface area (Å²) >= 11 is 0. The minimum atomic E-state index is -0.633. The molecule has 100 valence electrons. The number of allylic oxidation sites excluding steroid dienone is 1. The zero-order chi connectivity index (χ0) is 13.3. The van der Waals surface area contributed by atoms with Crippen molar-refractivity contribution in [1.29, 1.82) is 0 Å². The summed E-state index contributed by atoms with van der Waals surface area (Å²) in [5.41, 5.74) is -0.816. The van der Waals surface area contributed by atoms with Crippen molar-refractivity contribution >= 4 is 0 Å². The van der Waals surface area contributed by atoms with Crippen molar-refractivity contribution in [3.63, 3.8) is 0 Å². The van der Waals surface area contributed by atoms with Crippen LogP contribution in [0.2, 0.25) is 0 Å². The van der Waals surface area contributed by atoms with Crippen LogP contribution in [0.3, 0.4) is 0 Å². The van der Waals surface area contributed by atoms with Crippen molar-refractivity contribution in [2.75, 3.05) is 0 Å². The molecular weight excluding hydrogens is 208 g/mol. The second-order valence-corrected chi connectivity index (χ2v) is 7.04. The first-order chi connectivity index (χ1) is 7.69. The summed E-state index contributed by atoms with van der Waals surface area (Å²) in [6.45, 7) is 13.1. The maximum Gasteiger partial charge on any atom is 0.0808 e. The fraction of sp³-hybridized carbons (Fsp3) is 0.875. The Hall–Kier alpha value is -0.300. The van der Waals surface area contributed by atoms with Gasteiger partial charge in [0.1, 0.15) is 0 Å². The highest BCUT2D eigenvalue weighted by molar-refractivity contribution is 5.16. The van der Waals surface area contributed by atoms with Gasteiger partial charge in [-0.1, -0.05) is 60.1 Å². The summed E-state index contributed by atoms with van der Waals surface area (Å²) in [5, 5.41) is 11.4. The molecule has 0 fully saturated rings. The molecule has 3 atom stereocenters. The minimum Gasteiger partial charge on any atom is -0.388 e. The van der Waals surface area contributed by atoms with Gasteiger partial charge in [-0.15, -0.1) is 0 Å². The average Bonchev–Trinajstić information content (AvgIpc) is 2.26. The molecule has 0 amide bonds. The molecule has 17 heavy (non-hydrogen) atoms. The largest absolute Gasteiger partial charge is 0.388 e. The topological polar surface area (TPSA) is 20.2 Å². The van der Waals surface area contributed by atoms with Crippen LogP contribution in [0.1, 0.15) is 67.2 Å². The summed E-state index contributed by atoms with van der Waals surface area (Å²) in [7, 11) is 0. The SMILES string of the molecule is CCC(C)[C@](O)(C(C)(C)C)C1(C)C=CCCC1. The van der Waals surface area contributed by atoms with E-state index in [0.717, 1.165) is 19.3 Å².